The molecule has 3 heteroatoms. The third-order valence-electron chi connectivity index (χ3n) is 1.30. The van der Waals surface area contributed by atoms with Gasteiger partial charge in [0.15, 0.2) is 0 Å². The van der Waals surface area contributed by atoms with Gasteiger partial charge in [-0.05, 0) is 17.7 Å². The molecule has 0 saturated heterocycles. The number of halogens is 1. The zero-order chi connectivity index (χ0) is 8.27. The molecular weight excluding hydrogens is 147 g/mol. The number of benzene rings is 1. The summed E-state index contributed by atoms with van der Waals surface area (Å²) in [7, 11) is 0. The lowest BCUT2D eigenvalue weighted by atomic mass is 10.1. The van der Waals surface area contributed by atoms with Gasteiger partial charge in [0, 0.05) is 0 Å². The predicted octanol–water partition coefficient (Wildman–Crippen LogP) is 0.969. The average molecular weight is 153 g/mol. The van der Waals surface area contributed by atoms with Crippen LogP contribution < -0.4 is 0 Å². The first-order chi connectivity index (χ1) is 5.24. The maximum absolute atomic E-state index is 12.3. The fraction of sp³-hybridized carbons (Fsp3) is 0.125. The summed E-state index contributed by atoms with van der Waals surface area (Å²) in [5.74, 6) is -0.396. The Morgan fingerprint density at radius 1 is 1.36 bits per heavy atom. The summed E-state index contributed by atoms with van der Waals surface area (Å²) in [6, 6.07) is 5.03. The van der Waals surface area contributed by atoms with E-state index in [0.29, 0.717) is 5.56 Å². The van der Waals surface area contributed by atoms with Crippen molar-refractivity contribution >= 4 is 6.29 Å². The molecule has 2 nitrogen and oxygen atoms in total. The Bertz CT molecular complexity index is 243. The van der Waals surface area contributed by atoms with E-state index in [1.807, 2.05) is 0 Å². The molecule has 0 fully saturated rings. The maximum atomic E-state index is 12.3. The van der Waals surface area contributed by atoms with Gasteiger partial charge in [0.1, 0.15) is 11.9 Å². The van der Waals surface area contributed by atoms with E-state index in [1.165, 1.54) is 30.6 Å². The minimum absolute atomic E-state index is 0.349. The van der Waals surface area contributed by atoms with E-state index >= 15 is 0 Å². The highest BCUT2D eigenvalue weighted by atomic mass is 19.1. The highest BCUT2D eigenvalue weighted by molar-refractivity contribution is 5.60. The molecule has 0 heterocycles. The first-order valence-electron chi connectivity index (χ1n) is 3.05. The molecule has 0 amide bonds. The van der Waals surface area contributed by atoms with E-state index in [9.17, 15) is 9.18 Å². The van der Waals surface area contributed by atoms with Crippen molar-refractivity contribution in [3.63, 3.8) is 0 Å². The number of carbonyl (C=O) groups excluding carboxylic acids is 1. The molecule has 1 N–H and O–H groups in total. The van der Waals surface area contributed by atoms with Crippen molar-refractivity contribution < 1.29 is 14.3 Å². The number of hydrogen-bond acceptors (Lipinski definition) is 2. The van der Waals surface area contributed by atoms with Crippen LogP contribution in [0.4, 0.5) is 4.39 Å². The van der Waals surface area contributed by atoms with E-state index in [4.69, 9.17) is 5.11 Å². The van der Waals surface area contributed by atoms with Gasteiger partial charge in [-0.25, -0.2) is 4.39 Å². The van der Waals surface area contributed by atoms with Gasteiger partial charge in [-0.2, -0.15) is 0 Å². The van der Waals surface area contributed by atoms with Crippen molar-refractivity contribution in [1.82, 2.24) is 0 Å². The lowest BCUT2D eigenvalue weighted by molar-refractivity contribution is 0.240. The molecular formula is C8H6FO2. The van der Waals surface area contributed by atoms with Crippen LogP contribution in [0.15, 0.2) is 24.3 Å². The second-order valence-electron chi connectivity index (χ2n) is 2.07. The Labute approximate surface area is 63.3 Å². The van der Waals surface area contributed by atoms with E-state index in [0.717, 1.165) is 0 Å². The minimum Gasteiger partial charge on any atom is -0.380 e. The lowest BCUT2D eigenvalue weighted by Gasteiger charge is -1.99. The molecule has 1 unspecified atom stereocenters. The standard InChI is InChI=1S/C8H6FO2/c9-7-3-1-6(2-4-7)8(11)5-10/h1-4,8,11H. The third-order valence-corrected chi connectivity index (χ3v) is 1.30. The largest absolute Gasteiger partial charge is 0.380 e. The van der Waals surface area contributed by atoms with Crippen LogP contribution >= 0.6 is 0 Å². The Hall–Kier alpha value is -1.22. The Morgan fingerprint density at radius 3 is 2.36 bits per heavy atom. The third kappa shape index (κ3) is 1.85. The smallest absolute Gasteiger partial charge is 0.234 e. The van der Waals surface area contributed by atoms with Crippen molar-refractivity contribution in [2.75, 3.05) is 0 Å². The Balaban J connectivity index is 2.89. The maximum Gasteiger partial charge on any atom is 0.234 e. The zero-order valence-corrected chi connectivity index (χ0v) is 5.62. The fourth-order valence-corrected chi connectivity index (χ4v) is 0.713. The molecule has 0 aromatic heterocycles. The van der Waals surface area contributed by atoms with Crippen LogP contribution in [0.5, 0.6) is 0 Å². The molecule has 11 heavy (non-hydrogen) atoms. The van der Waals surface area contributed by atoms with Crippen molar-refractivity contribution in [3.05, 3.63) is 35.6 Å². The summed E-state index contributed by atoms with van der Waals surface area (Å²) in [6.07, 6.45) is 0.116. The molecule has 1 radical (unpaired) electrons. The number of aliphatic hydroxyl groups excluding tert-OH is 1. The molecule has 0 aliphatic rings. The first kappa shape index (κ1) is 7.88. The molecule has 0 aliphatic carbocycles. The van der Waals surface area contributed by atoms with E-state index in [1.54, 1.807) is 0 Å². The van der Waals surface area contributed by atoms with E-state index < -0.39 is 11.9 Å². The topological polar surface area (TPSA) is 37.3 Å². The molecule has 1 atom stereocenters. The quantitative estimate of drug-likeness (QED) is 0.687. The minimum atomic E-state index is -1.27. The van der Waals surface area contributed by atoms with Crippen LogP contribution in [-0.2, 0) is 4.79 Å². The molecule has 0 aliphatic heterocycles. The van der Waals surface area contributed by atoms with Crippen molar-refractivity contribution in [2.45, 2.75) is 6.10 Å². The number of aliphatic hydroxyl groups is 1. The van der Waals surface area contributed by atoms with Gasteiger partial charge in [0.05, 0.1) is 0 Å². The van der Waals surface area contributed by atoms with Crippen LogP contribution in [0.1, 0.15) is 11.7 Å². The van der Waals surface area contributed by atoms with Crippen molar-refractivity contribution in [2.24, 2.45) is 0 Å². The van der Waals surface area contributed by atoms with Gasteiger partial charge in [0.2, 0.25) is 6.29 Å². The Kier molecular flexibility index (Phi) is 2.33. The van der Waals surface area contributed by atoms with Crippen molar-refractivity contribution in [3.8, 4) is 0 Å². The summed E-state index contributed by atoms with van der Waals surface area (Å²) in [6.45, 7) is 0. The van der Waals surface area contributed by atoms with Gasteiger partial charge in [-0.1, -0.05) is 12.1 Å². The lowest BCUT2D eigenvalue weighted by Crippen LogP contribution is -1.97. The summed E-state index contributed by atoms with van der Waals surface area (Å²) in [5.41, 5.74) is 0.349. The molecule has 0 saturated carbocycles. The predicted molar refractivity (Wildman–Crippen MR) is 37.1 cm³/mol. The second kappa shape index (κ2) is 3.25. The summed E-state index contributed by atoms with van der Waals surface area (Å²) in [5, 5.41) is 8.87. The Morgan fingerprint density at radius 2 is 1.91 bits per heavy atom. The molecule has 1 aromatic rings. The van der Waals surface area contributed by atoms with Crippen LogP contribution in [0, 0.1) is 5.82 Å². The van der Waals surface area contributed by atoms with Gasteiger partial charge in [0.25, 0.3) is 0 Å². The summed E-state index contributed by atoms with van der Waals surface area (Å²) < 4.78 is 12.3. The molecule has 57 valence electrons. The fourth-order valence-electron chi connectivity index (χ4n) is 0.713. The van der Waals surface area contributed by atoms with Gasteiger partial charge >= 0.3 is 0 Å². The monoisotopic (exact) mass is 153 g/mol. The highest BCUT2D eigenvalue weighted by Crippen LogP contribution is 2.10. The van der Waals surface area contributed by atoms with Crippen LogP contribution in [0.2, 0.25) is 0 Å². The SMILES string of the molecule is O=[C]C(O)c1ccc(F)cc1. The van der Waals surface area contributed by atoms with Gasteiger partial charge in [-0.15, -0.1) is 0 Å². The number of hydrogen-bond donors (Lipinski definition) is 1. The normalized spacial score (nSPS) is 12.5. The summed E-state index contributed by atoms with van der Waals surface area (Å²) in [4.78, 5) is 9.92. The average Bonchev–Trinajstić information content (AvgIpc) is 2.05. The van der Waals surface area contributed by atoms with E-state index in [2.05, 4.69) is 0 Å². The van der Waals surface area contributed by atoms with Crippen molar-refractivity contribution in [1.29, 1.82) is 0 Å². The summed E-state index contributed by atoms with van der Waals surface area (Å²) >= 11 is 0. The molecule has 0 bridgehead atoms. The number of rotatable bonds is 2. The zero-order valence-electron chi connectivity index (χ0n) is 5.62. The van der Waals surface area contributed by atoms with E-state index in [-0.39, 0.29) is 0 Å². The first-order valence-corrected chi connectivity index (χ1v) is 3.05. The van der Waals surface area contributed by atoms with Gasteiger partial charge < -0.3 is 5.11 Å². The molecule has 1 rings (SSSR count). The highest BCUT2D eigenvalue weighted by Gasteiger charge is 2.05. The van der Waals surface area contributed by atoms with Gasteiger partial charge in [-0.3, -0.25) is 4.79 Å². The van der Waals surface area contributed by atoms with Crippen LogP contribution in [0.3, 0.4) is 0 Å². The molecule has 1 aromatic carbocycles. The van der Waals surface area contributed by atoms with Crippen LogP contribution in [0.25, 0.3) is 0 Å². The molecule has 0 spiro atoms. The van der Waals surface area contributed by atoms with Crippen LogP contribution in [-0.4, -0.2) is 11.4 Å². The second-order valence-corrected chi connectivity index (χ2v) is 2.07.